The summed E-state index contributed by atoms with van der Waals surface area (Å²) in [6.07, 6.45) is -3.16. The maximum absolute atomic E-state index is 11.5. The number of esters is 1. The molecule has 0 aliphatic carbocycles. The van der Waals surface area contributed by atoms with E-state index in [2.05, 4.69) is 14.2 Å². The summed E-state index contributed by atoms with van der Waals surface area (Å²) in [7, 11) is 2.32. The van der Waals surface area contributed by atoms with Gasteiger partial charge in [0.05, 0.1) is 0 Å². The molecule has 6 heteroatoms. The summed E-state index contributed by atoms with van der Waals surface area (Å²) in [5, 5.41) is 0. The number of alkyl halides is 2. The van der Waals surface area contributed by atoms with Crippen molar-refractivity contribution >= 4 is 5.97 Å². The van der Waals surface area contributed by atoms with Crippen LogP contribution in [0, 0.1) is 0 Å². The number of hydrogen-bond donors (Lipinski definition) is 0. The molecule has 66 valence electrons. The quantitative estimate of drug-likeness (QED) is 0.451. The highest BCUT2D eigenvalue weighted by Crippen LogP contribution is 2.00. The number of carbonyl (C=O) groups excluding carboxylic acids is 1. The fourth-order valence-corrected chi connectivity index (χ4v) is 0.339. The molecule has 0 aromatic heterocycles. The number of hydrogen-bond acceptors (Lipinski definition) is 4. The Morgan fingerprint density at radius 3 is 2.00 bits per heavy atom. The Labute approximate surface area is 62.0 Å². The molecule has 0 radical (unpaired) electrons. The van der Waals surface area contributed by atoms with Gasteiger partial charge in [0.2, 0.25) is 0 Å². The highest BCUT2D eigenvalue weighted by Gasteiger charge is 2.21. The first kappa shape index (κ1) is 10.2. The van der Waals surface area contributed by atoms with E-state index in [0.29, 0.717) is 0 Å². The molecular formula is C5H8F2O4. The molecule has 0 aliphatic heterocycles. The third-order valence-electron chi connectivity index (χ3n) is 0.775. The average molecular weight is 170 g/mol. The van der Waals surface area contributed by atoms with E-state index in [1.165, 1.54) is 0 Å². The van der Waals surface area contributed by atoms with Crippen molar-refractivity contribution in [2.45, 2.75) is 12.9 Å². The molecule has 0 bridgehead atoms. The maximum atomic E-state index is 11.5. The zero-order chi connectivity index (χ0) is 8.85. The van der Waals surface area contributed by atoms with Gasteiger partial charge in [0.25, 0.3) is 0 Å². The first-order chi connectivity index (χ1) is 5.11. The summed E-state index contributed by atoms with van der Waals surface area (Å²) >= 11 is 0. The number of rotatable bonds is 4. The van der Waals surface area contributed by atoms with Crippen molar-refractivity contribution in [3.8, 4) is 0 Å². The summed E-state index contributed by atoms with van der Waals surface area (Å²) < 4.78 is 35.6. The van der Waals surface area contributed by atoms with Gasteiger partial charge in [0.15, 0.2) is 0 Å². The Hall–Kier alpha value is -0.750. The molecule has 0 N–H and O–H groups in total. The van der Waals surface area contributed by atoms with Crippen LogP contribution in [0.15, 0.2) is 0 Å². The third kappa shape index (κ3) is 3.84. The van der Waals surface area contributed by atoms with Crippen LogP contribution in [0.4, 0.5) is 8.78 Å². The van der Waals surface area contributed by atoms with Gasteiger partial charge in [-0.15, -0.1) is 0 Å². The van der Waals surface area contributed by atoms with Gasteiger partial charge in [-0.25, -0.2) is 4.79 Å². The molecule has 11 heavy (non-hydrogen) atoms. The van der Waals surface area contributed by atoms with Crippen LogP contribution < -0.4 is 0 Å². The van der Waals surface area contributed by atoms with E-state index in [-0.39, 0.29) is 0 Å². The van der Waals surface area contributed by atoms with Gasteiger partial charge < -0.3 is 14.2 Å². The first-order valence-electron chi connectivity index (χ1n) is 2.66. The number of carbonyl (C=O) groups is 1. The van der Waals surface area contributed by atoms with Crippen LogP contribution in [-0.4, -0.2) is 33.1 Å². The van der Waals surface area contributed by atoms with Crippen LogP contribution in [0.2, 0.25) is 0 Å². The smallest absolute Gasteiger partial charge is 0.377 e. The van der Waals surface area contributed by atoms with E-state index < -0.39 is 18.9 Å². The SMILES string of the molecule is COC(OC)OC(=O)C(F)F. The molecule has 0 atom stereocenters. The zero-order valence-corrected chi connectivity index (χ0v) is 6.04. The van der Waals surface area contributed by atoms with E-state index in [4.69, 9.17) is 0 Å². The van der Waals surface area contributed by atoms with Gasteiger partial charge >= 0.3 is 18.9 Å². The highest BCUT2D eigenvalue weighted by molar-refractivity contribution is 5.72. The van der Waals surface area contributed by atoms with Gasteiger partial charge in [0.1, 0.15) is 0 Å². The molecule has 0 aromatic carbocycles. The summed E-state index contributed by atoms with van der Waals surface area (Å²) in [6.45, 7) is -1.36. The Bertz CT molecular complexity index is 124. The predicted octanol–water partition coefficient (Wildman–Crippen LogP) is 0.371. The minimum Gasteiger partial charge on any atom is -0.406 e. The van der Waals surface area contributed by atoms with E-state index >= 15 is 0 Å². The number of halogens is 2. The Kier molecular flexibility index (Phi) is 4.64. The van der Waals surface area contributed by atoms with Crippen molar-refractivity contribution in [2.75, 3.05) is 14.2 Å². The minimum absolute atomic E-state index is 1.16. The van der Waals surface area contributed by atoms with Crippen LogP contribution in [0.1, 0.15) is 0 Å². The van der Waals surface area contributed by atoms with Crippen molar-refractivity contribution in [1.29, 1.82) is 0 Å². The van der Waals surface area contributed by atoms with E-state index in [9.17, 15) is 13.6 Å². The molecule has 0 heterocycles. The first-order valence-corrected chi connectivity index (χ1v) is 2.66. The molecule has 0 aliphatic rings. The lowest BCUT2D eigenvalue weighted by atomic mass is 10.7. The second-order valence-corrected chi connectivity index (χ2v) is 1.50. The van der Waals surface area contributed by atoms with Crippen LogP contribution in [0.25, 0.3) is 0 Å². The second kappa shape index (κ2) is 4.97. The van der Waals surface area contributed by atoms with Crippen LogP contribution in [0.3, 0.4) is 0 Å². The van der Waals surface area contributed by atoms with E-state index in [1.807, 2.05) is 0 Å². The lowest BCUT2D eigenvalue weighted by Gasteiger charge is -2.12. The van der Waals surface area contributed by atoms with Gasteiger partial charge in [0, 0.05) is 14.2 Å². The highest BCUT2D eigenvalue weighted by atomic mass is 19.3. The molecule has 0 amide bonds. The molecule has 0 unspecified atom stereocenters. The summed E-state index contributed by atoms with van der Waals surface area (Å²) in [5.41, 5.74) is 0. The summed E-state index contributed by atoms with van der Waals surface area (Å²) in [4.78, 5) is 10.1. The molecule has 4 nitrogen and oxygen atoms in total. The fraction of sp³-hybridized carbons (Fsp3) is 0.800. The molecular weight excluding hydrogens is 162 g/mol. The van der Waals surface area contributed by atoms with Crippen LogP contribution in [0.5, 0.6) is 0 Å². The normalized spacial score (nSPS) is 10.7. The van der Waals surface area contributed by atoms with Crippen molar-refractivity contribution in [2.24, 2.45) is 0 Å². The van der Waals surface area contributed by atoms with Gasteiger partial charge in [-0.2, -0.15) is 8.78 Å². The Balaban J connectivity index is 3.72. The molecule has 0 aromatic rings. The molecule has 0 saturated heterocycles. The zero-order valence-electron chi connectivity index (χ0n) is 6.04. The van der Waals surface area contributed by atoms with Gasteiger partial charge in [-0.3, -0.25) is 0 Å². The largest absolute Gasteiger partial charge is 0.406 e. The number of methoxy groups -OCH3 is 2. The van der Waals surface area contributed by atoms with Crippen molar-refractivity contribution < 1.29 is 27.8 Å². The van der Waals surface area contributed by atoms with Crippen LogP contribution >= 0.6 is 0 Å². The third-order valence-corrected chi connectivity index (χ3v) is 0.775. The molecule has 0 fully saturated rings. The van der Waals surface area contributed by atoms with Crippen LogP contribution in [-0.2, 0) is 19.0 Å². The lowest BCUT2D eigenvalue weighted by molar-refractivity contribution is -0.261. The molecule has 0 saturated carbocycles. The van der Waals surface area contributed by atoms with Gasteiger partial charge in [-0.05, 0) is 0 Å². The summed E-state index contributed by atoms with van der Waals surface area (Å²) in [5.74, 6) is -1.67. The summed E-state index contributed by atoms with van der Waals surface area (Å²) in [6, 6.07) is 0. The minimum atomic E-state index is -3.16. The van der Waals surface area contributed by atoms with Gasteiger partial charge in [-0.1, -0.05) is 0 Å². The lowest BCUT2D eigenvalue weighted by Crippen LogP contribution is -2.25. The Morgan fingerprint density at radius 2 is 1.73 bits per heavy atom. The molecule has 0 spiro atoms. The second-order valence-electron chi connectivity index (χ2n) is 1.50. The van der Waals surface area contributed by atoms with E-state index in [0.717, 1.165) is 14.2 Å². The van der Waals surface area contributed by atoms with Crippen molar-refractivity contribution in [3.05, 3.63) is 0 Å². The number of ether oxygens (including phenoxy) is 3. The predicted molar refractivity (Wildman–Crippen MR) is 29.9 cm³/mol. The van der Waals surface area contributed by atoms with E-state index in [1.54, 1.807) is 0 Å². The van der Waals surface area contributed by atoms with Crippen molar-refractivity contribution in [3.63, 3.8) is 0 Å². The maximum Gasteiger partial charge on any atom is 0.377 e. The van der Waals surface area contributed by atoms with Crippen molar-refractivity contribution in [1.82, 2.24) is 0 Å². The molecule has 0 rings (SSSR count). The average Bonchev–Trinajstić information content (AvgIpc) is 1.99. The standard InChI is InChI=1S/C5H8F2O4/c1-9-5(10-2)11-4(8)3(6)7/h3,5H,1-2H3. The Morgan fingerprint density at radius 1 is 1.27 bits per heavy atom. The topological polar surface area (TPSA) is 44.8 Å². The fourth-order valence-electron chi connectivity index (χ4n) is 0.339. The monoisotopic (exact) mass is 170 g/mol.